The maximum atomic E-state index is 13.7. The largest absolute Gasteiger partial charge is 0.338 e. The first-order valence-corrected chi connectivity index (χ1v) is 5.82. The summed E-state index contributed by atoms with van der Waals surface area (Å²) in [5.74, 6) is -0.724. The molecule has 0 amide bonds. The van der Waals surface area contributed by atoms with Crippen molar-refractivity contribution in [3.8, 4) is 11.4 Å². The fourth-order valence-electron chi connectivity index (χ4n) is 2.06. The number of aromatic amines is 1. The highest BCUT2D eigenvalue weighted by Gasteiger charge is 2.12. The van der Waals surface area contributed by atoms with Crippen LogP contribution in [0.5, 0.6) is 0 Å². The first-order valence-electron chi connectivity index (χ1n) is 5.82. The molecule has 3 aromatic rings. The lowest BCUT2D eigenvalue weighted by Gasteiger charge is -1.98. The molecule has 19 heavy (non-hydrogen) atoms. The highest BCUT2D eigenvalue weighted by molar-refractivity contribution is 5.82. The molecule has 96 valence electrons. The Morgan fingerprint density at radius 2 is 2.00 bits per heavy atom. The van der Waals surface area contributed by atoms with E-state index in [2.05, 4.69) is 9.97 Å². The Morgan fingerprint density at radius 1 is 1.16 bits per heavy atom. The van der Waals surface area contributed by atoms with E-state index in [1.54, 1.807) is 0 Å². The van der Waals surface area contributed by atoms with Crippen LogP contribution in [-0.2, 0) is 6.54 Å². The van der Waals surface area contributed by atoms with E-state index in [-0.39, 0.29) is 5.56 Å². The molecule has 1 heterocycles. The summed E-state index contributed by atoms with van der Waals surface area (Å²) in [6.45, 7) is 0.341. The van der Waals surface area contributed by atoms with Gasteiger partial charge in [0.25, 0.3) is 0 Å². The SMILES string of the molecule is NCc1cccc2[nH]c(-c3cc(F)ccc3F)nc12. The number of aromatic nitrogens is 2. The minimum absolute atomic E-state index is 0.110. The predicted octanol–water partition coefficient (Wildman–Crippen LogP) is 2.97. The molecule has 0 atom stereocenters. The maximum absolute atomic E-state index is 13.7. The lowest BCUT2D eigenvalue weighted by Crippen LogP contribution is -1.96. The first-order chi connectivity index (χ1) is 9.19. The van der Waals surface area contributed by atoms with E-state index < -0.39 is 11.6 Å². The molecule has 0 spiro atoms. The minimum Gasteiger partial charge on any atom is -0.338 e. The molecule has 3 nitrogen and oxygen atoms in total. The molecule has 3 rings (SSSR count). The summed E-state index contributed by atoms with van der Waals surface area (Å²) in [6, 6.07) is 8.80. The topological polar surface area (TPSA) is 54.7 Å². The number of halogens is 2. The zero-order chi connectivity index (χ0) is 13.4. The van der Waals surface area contributed by atoms with Crippen LogP contribution in [0.4, 0.5) is 8.78 Å². The molecule has 0 aliphatic rings. The van der Waals surface area contributed by atoms with Crippen LogP contribution in [0.2, 0.25) is 0 Å². The van der Waals surface area contributed by atoms with Crippen LogP contribution in [0, 0.1) is 11.6 Å². The van der Waals surface area contributed by atoms with Gasteiger partial charge in [-0.3, -0.25) is 0 Å². The summed E-state index contributed by atoms with van der Waals surface area (Å²) in [4.78, 5) is 7.29. The van der Waals surface area contributed by atoms with Gasteiger partial charge in [0.05, 0.1) is 16.6 Å². The number of nitrogens with zero attached hydrogens (tertiary/aromatic N) is 1. The predicted molar refractivity (Wildman–Crippen MR) is 69.3 cm³/mol. The molecule has 0 saturated carbocycles. The second kappa shape index (κ2) is 4.44. The van der Waals surface area contributed by atoms with Gasteiger partial charge in [-0.15, -0.1) is 0 Å². The molecule has 0 bridgehead atoms. The highest BCUT2D eigenvalue weighted by Crippen LogP contribution is 2.25. The number of fused-ring (bicyclic) bond motifs is 1. The van der Waals surface area contributed by atoms with Crippen molar-refractivity contribution in [2.45, 2.75) is 6.54 Å². The van der Waals surface area contributed by atoms with Gasteiger partial charge in [0.2, 0.25) is 0 Å². The van der Waals surface area contributed by atoms with Gasteiger partial charge in [0.15, 0.2) is 0 Å². The standard InChI is InChI=1S/C14H11F2N3/c15-9-4-5-11(16)10(6-9)14-18-12-3-1-2-8(7-17)13(12)19-14/h1-6H,7,17H2,(H,18,19). The average Bonchev–Trinajstić information content (AvgIpc) is 2.85. The maximum Gasteiger partial charge on any atom is 0.141 e. The van der Waals surface area contributed by atoms with Crippen LogP contribution in [0.1, 0.15) is 5.56 Å². The van der Waals surface area contributed by atoms with Gasteiger partial charge < -0.3 is 10.7 Å². The zero-order valence-electron chi connectivity index (χ0n) is 9.95. The lowest BCUT2D eigenvalue weighted by atomic mass is 10.2. The van der Waals surface area contributed by atoms with E-state index in [4.69, 9.17) is 5.73 Å². The Bertz CT molecular complexity index is 750. The van der Waals surface area contributed by atoms with Crippen molar-refractivity contribution < 1.29 is 8.78 Å². The lowest BCUT2D eigenvalue weighted by molar-refractivity contribution is 0.602. The molecular formula is C14H11F2N3. The van der Waals surface area contributed by atoms with E-state index in [9.17, 15) is 8.78 Å². The summed E-state index contributed by atoms with van der Waals surface area (Å²) in [6.07, 6.45) is 0. The third-order valence-electron chi connectivity index (χ3n) is 3.00. The second-order valence-electron chi connectivity index (χ2n) is 4.23. The Morgan fingerprint density at radius 3 is 2.79 bits per heavy atom. The molecule has 1 aromatic heterocycles. The van der Waals surface area contributed by atoms with E-state index >= 15 is 0 Å². The fraction of sp³-hybridized carbons (Fsp3) is 0.0714. The van der Waals surface area contributed by atoms with Crippen molar-refractivity contribution in [2.75, 3.05) is 0 Å². The zero-order valence-corrected chi connectivity index (χ0v) is 9.95. The molecule has 0 unspecified atom stereocenters. The average molecular weight is 259 g/mol. The van der Waals surface area contributed by atoms with Gasteiger partial charge in [0.1, 0.15) is 17.5 Å². The van der Waals surface area contributed by atoms with Gasteiger partial charge in [0, 0.05) is 6.54 Å². The van der Waals surface area contributed by atoms with Crippen molar-refractivity contribution in [3.63, 3.8) is 0 Å². The number of rotatable bonds is 2. The third kappa shape index (κ3) is 1.98. The molecule has 2 aromatic carbocycles. The molecule has 0 radical (unpaired) electrons. The first kappa shape index (κ1) is 11.8. The Labute approximate surface area is 108 Å². The molecule has 0 fully saturated rings. The van der Waals surface area contributed by atoms with Crippen molar-refractivity contribution in [1.29, 1.82) is 0 Å². The number of nitrogens with two attached hydrogens (primary N) is 1. The number of hydrogen-bond acceptors (Lipinski definition) is 2. The van der Waals surface area contributed by atoms with Crippen LogP contribution >= 0.6 is 0 Å². The summed E-state index contributed by atoms with van der Waals surface area (Å²) in [5, 5.41) is 0. The van der Waals surface area contributed by atoms with E-state index in [1.165, 1.54) is 0 Å². The molecular weight excluding hydrogens is 248 g/mol. The number of imidazole rings is 1. The number of H-pyrrole nitrogens is 1. The van der Waals surface area contributed by atoms with E-state index in [1.807, 2.05) is 18.2 Å². The number of hydrogen-bond donors (Lipinski definition) is 2. The van der Waals surface area contributed by atoms with E-state index in [0.717, 1.165) is 29.3 Å². The Hall–Kier alpha value is -2.27. The minimum atomic E-state index is -0.519. The van der Waals surface area contributed by atoms with Gasteiger partial charge in [-0.1, -0.05) is 12.1 Å². The second-order valence-corrected chi connectivity index (χ2v) is 4.23. The van der Waals surface area contributed by atoms with Gasteiger partial charge >= 0.3 is 0 Å². The van der Waals surface area contributed by atoms with E-state index in [0.29, 0.717) is 17.9 Å². The highest BCUT2D eigenvalue weighted by atomic mass is 19.1. The van der Waals surface area contributed by atoms with Crippen molar-refractivity contribution in [1.82, 2.24) is 9.97 Å². The fourth-order valence-corrected chi connectivity index (χ4v) is 2.06. The normalized spacial score (nSPS) is 11.1. The van der Waals surface area contributed by atoms with Gasteiger partial charge in [-0.25, -0.2) is 13.8 Å². The van der Waals surface area contributed by atoms with Gasteiger partial charge in [-0.2, -0.15) is 0 Å². The molecule has 5 heteroatoms. The molecule has 0 aliphatic carbocycles. The molecule has 0 aliphatic heterocycles. The number of nitrogens with one attached hydrogen (secondary N) is 1. The van der Waals surface area contributed by atoms with Gasteiger partial charge in [-0.05, 0) is 29.8 Å². The van der Waals surface area contributed by atoms with Crippen LogP contribution in [-0.4, -0.2) is 9.97 Å². The van der Waals surface area contributed by atoms with Crippen LogP contribution < -0.4 is 5.73 Å². The summed E-state index contributed by atoms with van der Waals surface area (Å²) in [5.41, 5.74) is 8.03. The monoisotopic (exact) mass is 259 g/mol. The Kier molecular flexibility index (Phi) is 2.76. The third-order valence-corrected chi connectivity index (χ3v) is 3.00. The summed E-state index contributed by atoms with van der Waals surface area (Å²) < 4.78 is 26.9. The summed E-state index contributed by atoms with van der Waals surface area (Å²) in [7, 11) is 0. The van der Waals surface area contributed by atoms with Crippen LogP contribution in [0.25, 0.3) is 22.4 Å². The number of para-hydroxylation sites is 1. The molecule has 0 saturated heterocycles. The van der Waals surface area contributed by atoms with Crippen LogP contribution in [0.15, 0.2) is 36.4 Å². The molecule has 3 N–H and O–H groups in total. The van der Waals surface area contributed by atoms with Crippen LogP contribution in [0.3, 0.4) is 0 Å². The quantitative estimate of drug-likeness (QED) is 0.743. The van der Waals surface area contributed by atoms with Crippen molar-refractivity contribution >= 4 is 11.0 Å². The number of benzene rings is 2. The smallest absolute Gasteiger partial charge is 0.141 e. The Balaban J connectivity index is 2.23. The summed E-state index contributed by atoms with van der Waals surface area (Å²) >= 11 is 0. The van der Waals surface area contributed by atoms with Crippen molar-refractivity contribution in [3.05, 3.63) is 53.6 Å². The van der Waals surface area contributed by atoms with Crippen molar-refractivity contribution in [2.24, 2.45) is 5.73 Å².